The van der Waals surface area contributed by atoms with Crippen molar-refractivity contribution < 1.29 is 8.83 Å². The van der Waals surface area contributed by atoms with Gasteiger partial charge in [-0.3, -0.25) is 0 Å². The first kappa shape index (κ1) is 30.3. The van der Waals surface area contributed by atoms with Crippen molar-refractivity contribution in [2.24, 2.45) is 0 Å². The highest BCUT2D eigenvalue weighted by atomic mass is 16.3. The van der Waals surface area contributed by atoms with E-state index in [1.165, 1.54) is 0 Å². The summed E-state index contributed by atoms with van der Waals surface area (Å²) >= 11 is 0. The van der Waals surface area contributed by atoms with Crippen LogP contribution in [0.2, 0.25) is 0 Å². The fourth-order valence-electron chi connectivity index (χ4n) is 7.71. The van der Waals surface area contributed by atoms with Gasteiger partial charge in [-0.2, -0.15) is 0 Å². The lowest BCUT2D eigenvalue weighted by Crippen LogP contribution is -1.97. The predicted octanol–water partition coefficient (Wildman–Crippen LogP) is 13.2. The predicted molar refractivity (Wildman–Crippen MR) is 219 cm³/mol. The highest BCUT2D eigenvalue weighted by Crippen LogP contribution is 2.41. The maximum absolute atomic E-state index is 6.54. The molecule has 4 heterocycles. The van der Waals surface area contributed by atoms with Crippen LogP contribution in [0.25, 0.3) is 111 Å². The van der Waals surface area contributed by atoms with E-state index in [9.17, 15) is 0 Å². The van der Waals surface area contributed by atoms with E-state index in [1.54, 1.807) is 0 Å². The summed E-state index contributed by atoms with van der Waals surface area (Å²) in [5.41, 5.74) is 12.8. The van der Waals surface area contributed by atoms with Gasteiger partial charge in [0.25, 0.3) is 0 Å². The second-order valence-corrected chi connectivity index (χ2v) is 13.6. The number of benzene rings is 7. The Morgan fingerprint density at radius 1 is 0.352 bits per heavy atom. The first-order valence-electron chi connectivity index (χ1n) is 18.0. The molecule has 0 saturated heterocycles. The Morgan fingerprint density at radius 3 is 1.78 bits per heavy atom. The van der Waals surface area contributed by atoms with Crippen LogP contribution in [0.3, 0.4) is 0 Å². The van der Waals surface area contributed by atoms with E-state index < -0.39 is 0 Å². The third-order valence-corrected chi connectivity index (χ3v) is 10.3. The summed E-state index contributed by atoms with van der Waals surface area (Å²) in [6.07, 6.45) is 0. The van der Waals surface area contributed by atoms with Crippen LogP contribution in [-0.4, -0.2) is 15.0 Å². The van der Waals surface area contributed by atoms with E-state index in [2.05, 4.69) is 109 Å². The van der Waals surface area contributed by atoms with Gasteiger partial charge in [0.2, 0.25) is 0 Å². The minimum Gasteiger partial charge on any atom is -0.455 e. The number of aromatic nitrogens is 3. The molecule has 0 amide bonds. The molecule has 0 aliphatic carbocycles. The van der Waals surface area contributed by atoms with Crippen molar-refractivity contribution in [3.8, 4) is 56.3 Å². The van der Waals surface area contributed by atoms with Gasteiger partial charge in [-0.15, -0.1) is 0 Å². The normalized spacial score (nSPS) is 11.7. The zero-order valence-electron chi connectivity index (χ0n) is 28.9. The average molecular weight is 692 g/mol. The van der Waals surface area contributed by atoms with Crippen molar-refractivity contribution in [3.63, 3.8) is 0 Å². The van der Waals surface area contributed by atoms with Gasteiger partial charge in [-0.25, -0.2) is 15.0 Å². The molecule has 54 heavy (non-hydrogen) atoms. The highest BCUT2D eigenvalue weighted by molar-refractivity contribution is 6.19. The summed E-state index contributed by atoms with van der Waals surface area (Å²) in [5, 5.41) is 5.22. The second kappa shape index (κ2) is 12.1. The van der Waals surface area contributed by atoms with Gasteiger partial charge in [-0.05, 0) is 42.0 Å². The van der Waals surface area contributed by atoms with E-state index >= 15 is 0 Å². The van der Waals surface area contributed by atoms with Gasteiger partial charge in [0, 0.05) is 49.4 Å². The monoisotopic (exact) mass is 691 g/mol. The number of hydrogen-bond donors (Lipinski definition) is 0. The highest BCUT2D eigenvalue weighted by Gasteiger charge is 2.20. The van der Waals surface area contributed by atoms with Gasteiger partial charge < -0.3 is 8.83 Å². The van der Waals surface area contributed by atoms with Gasteiger partial charge in [0.1, 0.15) is 22.3 Å². The first-order chi connectivity index (χ1) is 26.7. The topological polar surface area (TPSA) is 65.0 Å². The summed E-state index contributed by atoms with van der Waals surface area (Å²) in [6.45, 7) is 0. The van der Waals surface area contributed by atoms with Crippen LogP contribution in [0.4, 0.5) is 0 Å². The quantitative estimate of drug-likeness (QED) is 0.180. The Morgan fingerprint density at radius 2 is 0.963 bits per heavy atom. The molecule has 5 nitrogen and oxygen atoms in total. The van der Waals surface area contributed by atoms with Gasteiger partial charge in [0.15, 0.2) is 5.82 Å². The summed E-state index contributed by atoms with van der Waals surface area (Å²) in [6, 6.07) is 60.1. The van der Waals surface area contributed by atoms with Gasteiger partial charge >= 0.3 is 0 Å². The van der Waals surface area contributed by atoms with Crippen molar-refractivity contribution >= 4 is 54.8 Å². The van der Waals surface area contributed by atoms with E-state index in [1.807, 2.05) is 66.7 Å². The third-order valence-electron chi connectivity index (χ3n) is 10.3. The minimum absolute atomic E-state index is 0.616. The van der Waals surface area contributed by atoms with E-state index in [-0.39, 0.29) is 0 Å². The van der Waals surface area contributed by atoms with Crippen LogP contribution in [0, 0.1) is 0 Å². The molecule has 0 aliphatic heterocycles. The first-order valence-corrected chi connectivity index (χ1v) is 18.0. The third kappa shape index (κ3) is 4.90. The average Bonchev–Trinajstić information content (AvgIpc) is 3.83. The molecule has 0 spiro atoms. The number of hydrogen-bond acceptors (Lipinski definition) is 5. The molecule has 4 aromatic heterocycles. The maximum Gasteiger partial charge on any atom is 0.160 e. The molecule has 11 rings (SSSR count). The number of furan rings is 2. The van der Waals surface area contributed by atoms with Crippen molar-refractivity contribution in [2.45, 2.75) is 0 Å². The Balaban J connectivity index is 1.09. The SMILES string of the molecule is c1ccc(-c2cc(-c3cccc(-c4cccc5c4oc4ccccc45)c3)nc(-c3ccc4c(c3)nc(-c3ccccc3)c3c5ccccc5oc43)n2)cc1. The van der Waals surface area contributed by atoms with Crippen molar-refractivity contribution in [1.29, 1.82) is 0 Å². The second-order valence-electron chi connectivity index (χ2n) is 13.6. The van der Waals surface area contributed by atoms with E-state index in [0.717, 1.165) is 105 Å². The molecule has 7 aromatic carbocycles. The molecule has 0 N–H and O–H groups in total. The van der Waals surface area contributed by atoms with Gasteiger partial charge in [-0.1, -0.05) is 140 Å². The molecule has 0 radical (unpaired) electrons. The number of fused-ring (bicyclic) bond motifs is 8. The van der Waals surface area contributed by atoms with Gasteiger partial charge in [0.05, 0.1) is 28.0 Å². The molecule has 0 unspecified atom stereocenters. The Bertz CT molecular complexity index is 3220. The fraction of sp³-hybridized carbons (Fsp3) is 0. The molecule has 252 valence electrons. The van der Waals surface area contributed by atoms with Crippen LogP contribution >= 0.6 is 0 Å². The van der Waals surface area contributed by atoms with Crippen LogP contribution < -0.4 is 0 Å². The number of pyridine rings is 1. The van der Waals surface area contributed by atoms with Crippen LogP contribution in [-0.2, 0) is 0 Å². The summed E-state index contributed by atoms with van der Waals surface area (Å²) in [5.74, 6) is 0.616. The number of para-hydroxylation sites is 3. The summed E-state index contributed by atoms with van der Waals surface area (Å²) < 4.78 is 13.0. The van der Waals surface area contributed by atoms with E-state index in [4.69, 9.17) is 23.8 Å². The fourth-order valence-corrected chi connectivity index (χ4v) is 7.71. The van der Waals surface area contributed by atoms with E-state index in [0.29, 0.717) is 5.82 Å². The molecule has 0 saturated carbocycles. The molecule has 0 atom stereocenters. The Labute approximate surface area is 309 Å². The van der Waals surface area contributed by atoms with Crippen molar-refractivity contribution in [2.75, 3.05) is 0 Å². The molecule has 0 fully saturated rings. The maximum atomic E-state index is 6.54. The molecule has 5 heteroatoms. The lowest BCUT2D eigenvalue weighted by Gasteiger charge is -2.12. The molecular formula is C49H29N3O2. The summed E-state index contributed by atoms with van der Waals surface area (Å²) in [7, 11) is 0. The van der Waals surface area contributed by atoms with Crippen molar-refractivity contribution in [3.05, 3.63) is 176 Å². The zero-order chi connectivity index (χ0) is 35.6. The molecule has 11 aromatic rings. The number of rotatable bonds is 5. The van der Waals surface area contributed by atoms with Crippen LogP contribution in [0.5, 0.6) is 0 Å². The standard InChI is InChI=1S/C49H29N3O2/c1-3-13-30(14-4-1)40-29-41(33-18-11-17-32(27-33)35-21-12-22-37-36-19-7-9-23-43(36)53-47(35)37)52-49(51-40)34-25-26-38-42(28-34)50-46(31-15-5-2-6-16-31)45-39-20-8-10-24-44(39)54-48(38)45/h1-29H. The Kier molecular flexibility index (Phi) is 6.79. The molecular weight excluding hydrogens is 663 g/mol. The smallest absolute Gasteiger partial charge is 0.160 e. The van der Waals surface area contributed by atoms with Crippen LogP contribution in [0.1, 0.15) is 0 Å². The summed E-state index contributed by atoms with van der Waals surface area (Å²) in [4.78, 5) is 15.7. The van der Waals surface area contributed by atoms with Crippen LogP contribution in [0.15, 0.2) is 185 Å². The Hall–Kier alpha value is -7.37. The largest absolute Gasteiger partial charge is 0.455 e. The molecule has 0 aliphatic rings. The lowest BCUT2D eigenvalue weighted by molar-refractivity contribution is 0.670. The van der Waals surface area contributed by atoms with Crippen molar-refractivity contribution in [1.82, 2.24) is 15.0 Å². The number of nitrogens with zero attached hydrogens (tertiary/aromatic N) is 3. The lowest BCUT2D eigenvalue weighted by atomic mass is 9.98. The molecule has 0 bridgehead atoms. The zero-order valence-corrected chi connectivity index (χ0v) is 28.9. The minimum atomic E-state index is 0.616.